The smallest absolute Gasteiger partial charge is 0.0726 e. The van der Waals surface area contributed by atoms with Crippen LogP contribution in [-0.2, 0) is 10.8 Å². The van der Waals surface area contributed by atoms with Gasteiger partial charge in [0.05, 0.1) is 16.5 Å². The number of para-hydroxylation sites is 3. The average molecular weight is 939 g/mol. The van der Waals surface area contributed by atoms with Crippen molar-refractivity contribution in [3.8, 4) is 44.5 Å². The maximum atomic E-state index is 2.53. The first kappa shape index (κ1) is 41.2. The normalized spacial score (nSPS) is 15.2. The maximum Gasteiger partial charge on any atom is 0.0726 e. The van der Waals surface area contributed by atoms with E-state index in [-0.39, 0.29) is 0 Å². The minimum Gasteiger partial charge on any atom is -0.310 e. The molecule has 4 aliphatic rings. The van der Waals surface area contributed by atoms with Gasteiger partial charge in [0, 0.05) is 33.8 Å². The fourth-order valence-corrected chi connectivity index (χ4v) is 14.1. The molecular formula is C72H46N2. The molecular weight excluding hydrogens is 893 g/mol. The summed E-state index contributed by atoms with van der Waals surface area (Å²) in [5.41, 5.74) is 26.6. The molecule has 2 heteroatoms. The summed E-state index contributed by atoms with van der Waals surface area (Å²) < 4.78 is 0. The van der Waals surface area contributed by atoms with E-state index in [0.29, 0.717) is 0 Å². The van der Waals surface area contributed by atoms with Crippen LogP contribution in [-0.4, -0.2) is 0 Å². The Morgan fingerprint density at radius 3 is 1.11 bits per heavy atom. The van der Waals surface area contributed by atoms with Crippen LogP contribution >= 0.6 is 0 Å². The van der Waals surface area contributed by atoms with Gasteiger partial charge in [0.25, 0.3) is 0 Å². The van der Waals surface area contributed by atoms with Gasteiger partial charge in [-0.1, -0.05) is 212 Å². The van der Waals surface area contributed by atoms with Gasteiger partial charge in [-0.05, 0) is 161 Å². The Labute approximate surface area is 431 Å². The van der Waals surface area contributed by atoms with E-state index in [1.807, 2.05) is 0 Å². The van der Waals surface area contributed by atoms with Crippen molar-refractivity contribution in [2.45, 2.75) is 10.8 Å². The zero-order valence-electron chi connectivity index (χ0n) is 40.5. The Bertz CT molecular complexity index is 4170. The molecule has 2 nitrogen and oxygen atoms in total. The van der Waals surface area contributed by atoms with Gasteiger partial charge in [0.2, 0.25) is 0 Å². The summed E-state index contributed by atoms with van der Waals surface area (Å²) in [7, 11) is 0. The molecule has 0 heterocycles. The third-order valence-electron chi connectivity index (χ3n) is 16.8. The molecule has 0 aromatic heterocycles. The highest BCUT2D eigenvalue weighted by Gasteiger charge is 2.54. The lowest BCUT2D eigenvalue weighted by atomic mass is 9.70. The van der Waals surface area contributed by atoms with Crippen LogP contribution in [0.5, 0.6) is 0 Å². The van der Waals surface area contributed by atoms with E-state index in [1.165, 1.54) is 99.8 Å². The Hall–Kier alpha value is -9.50. The molecule has 4 aliphatic carbocycles. The van der Waals surface area contributed by atoms with Gasteiger partial charge in [0.1, 0.15) is 0 Å². The summed E-state index contributed by atoms with van der Waals surface area (Å²) in [5, 5.41) is 2.47. The number of fused-ring (bicyclic) bond motifs is 22. The number of benzene rings is 12. The third-order valence-corrected chi connectivity index (χ3v) is 16.8. The molecule has 0 N–H and O–H groups in total. The van der Waals surface area contributed by atoms with Gasteiger partial charge in [-0.2, -0.15) is 0 Å². The second-order valence-corrected chi connectivity index (χ2v) is 20.2. The van der Waals surface area contributed by atoms with E-state index >= 15 is 0 Å². The minimum absolute atomic E-state index is 0.455. The lowest BCUT2D eigenvalue weighted by molar-refractivity contribution is 0.793. The van der Waals surface area contributed by atoms with Gasteiger partial charge in [-0.15, -0.1) is 0 Å². The fourth-order valence-electron chi connectivity index (χ4n) is 14.1. The molecule has 0 bridgehead atoms. The zero-order chi connectivity index (χ0) is 48.5. The molecule has 1 unspecified atom stereocenters. The average Bonchev–Trinajstić information content (AvgIpc) is 4.16. The van der Waals surface area contributed by atoms with Crippen LogP contribution < -0.4 is 9.80 Å². The lowest BCUT2D eigenvalue weighted by Crippen LogP contribution is -2.26. The zero-order valence-corrected chi connectivity index (χ0v) is 40.5. The SMILES string of the molecule is c1ccc(N(c2ccc3c(c2)-c2ccccc2C32c3ccccc3-c3c2cc(N(c2ccccc2)c2ccccc2)c2ccccc32)c2ccc3c(c2)C2(c4ccccc4-c4ccccc42)c2ccccc2-3)cc1. The summed E-state index contributed by atoms with van der Waals surface area (Å²) in [5.74, 6) is 0. The van der Waals surface area contributed by atoms with Crippen LogP contribution in [0.2, 0.25) is 0 Å². The van der Waals surface area contributed by atoms with Gasteiger partial charge in [-0.3, -0.25) is 0 Å². The highest BCUT2D eigenvalue weighted by molar-refractivity contribution is 6.12. The molecule has 0 radical (unpaired) electrons. The van der Waals surface area contributed by atoms with Crippen molar-refractivity contribution in [2.24, 2.45) is 0 Å². The van der Waals surface area contributed by atoms with Crippen molar-refractivity contribution in [3.05, 3.63) is 324 Å². The summed E-state index contributed by atoms with van der Waals surface area (Å²) in [6.07, 6.45) is 0. The number of hydrogen-bond acceptors (Lipinski definition) is 2. The Morgan fingerprint density at radius 1 is 0.203 bits per heavy atom. The molecule has 16 rings (SSSR count). The molecule has 344 valence electrons. The van der Waals surface area contributed by atoms with Crippen molar-refractivity contribution in [3.63, 3.8) is 0 Å². The number of rotatable bonds is 6. The molecule has 12 aromatic carbocycles. The number of anilines is 6. The summed E-state index contributed by atoms with van der Waals surface area (Å²) >= 11 is 0. The lowest BCUT2D eigenvalue weighted by Gasteiger charge is -2.33. The molecule has 0 saturated heterocycles. The van der Waals surface area contributed by atoms with Crippen molar-refractivity contribution in [2.75, 3.05) is 9.80 Å². The number of hydrogen-bond donors (Lipinski definition) is 0. The second-order valence-electron chi connectivity index (χ2n) is 20.2. The molecule has 0 amide bonds. The van der Waals surface area contributed by atoms with Gasteiger partial charge in [-0.25, -0.2) is 0 Å². The van der Waals surface area contributed by atoms with Crippen LogP contribution in [0.3, 0.4) is 0 Å². The van der Waals surface area contributed by atoms with E-state index in [1.54, 1.807) is 0 Å². The van der Waals surface area contributed by atoms with Crippen LogP contribution in [0.1, 0.15) is 44.5 Å². The van der Waals surface area contributed by atoms with Crippen molar-refractivity contribution < 1.29 is 0 Å². The Morgan fingerprint density at radius 2 is 0.568 bits per heavy atom. The first-order valence-electron chi connectivity index (χ1n) is 25.8. The number of nitrogens with zero attached hydrogens (tertiary/aromatic N) is 2. The van der Waals surface area contributed by atoms with Crippen LogP contribution in [0.25, 0.3) is 55.3 Å². The van der Waals surface area contributed by atoms with Crippen molar-refractivity contribution in [1.82, 2.24) is 0 Å². The standard InChI is InChI=1S/C72H46N2/c1-4-22-47(23-5-1)73(51-40-42-56-54-30-14-19-37-63(54)71(67(56)45-51)61-35-17-12-28-52(61)53-29-13-18-36-62(53)71)50-41-43-66-60(44-50)55-31-15-20-38-64(55)72(66)65-39-21-16-34-59(65)70-58-33-11-10-32-57(58)69(46-68(70)72)74(48-24-6-2-7-25-48)49-26-8-3-9-27-49/h1-46H. The Kier molecular flexibility index (Phi) is 8.62. The highest BCUT2D eigenvalue weighted by Crippen LogP contribution is 2.67. The first-order chi connectivity index (χ1) is 36.7. The molecule has 12 aromatic rings. The molecule has 2 spiro atoms. The van der Waals surface area contributed by atoms with E-state index in [2.05, 4.69) is 289 Å². The molecule has 0 fully saturated rings. The monoisotopic (exact) mass is 938 g/mol. The molecule has 0 saturated carbocycles. The fraction of sp³-hybridized carbons (Fsp3) is 0.0278. The molecule has 74 heavy (non-hydrogen) atoms. The first-order valence-corrected chi connectivity index (χ1v) is 25.8. The quantitative estimate of drug-likeness (QED) is 0.164. The van der Waals surface area contributed by atoms with Crippen LogP contribution in [0.15, 0.2) is 279 Å². The summed E-state index contributed by atoms with van der Waals surface area (Å²) in [6.45, 7) is 0. The van der Waals surface area contributed by atoms with E-state index in [0.717, 1.165) is 34.1 Å². The Balaban J connectivity index is 0.939. The predicted molar refractivity (Wildman–Crippen MR) is 306 cm³/mol. The van der Waals surface area contributed by atoms with Crippen molar-refractivity contribution in [1.29, 1.82) is 0 Å². The predicted octanol–water partition coefficient (Wildman–Crippen LogP) is 18.5. The van der Waals surface area contributed by atoms with Gasteiger partial charge < -0.3 is 9.80 Å². The van der Waals surface area contributed by atoms with E-state index in [4.69, 9.17) is 0 Å². The van der Waals surface area contributed by atoms with Crippen molar-refractivity contribution >= 4 is 44.9 Å². The summed E-state index contributed by atoms with van der Waals surface area (Å²) in [4.78, 5) is 4.93. The minimum atomic E-state index is -0.583. The van der Waals surface area contributed by atoms with E-state index in [9.17, 15) is 0 Å². The van der Waals surface area contributed by atoms with Crippen LogP contribution in [0, 0.1) is 0 Å². The van der Waals surface area contributed by atoms with E-state index < -0.39 is 10.8 Å². The van der Waals surface area contributed by atoms with Gasteiger partial charge >= 0.3 is 0 Å². The second kappa shape index (κ2) is 15.5. The maximum absolute atomic E-state index is 2.53. The summed E-state index contributed by atoms with van der Waals surface area (Å²) in [6, 6.07) is 104. The largest absolute Gasteiger partial charge is 0.310 e. The topological polar surface area (TPSA) is 6.48 Å². The van der Waals surface area contributed by atoms with Crippen LogP contribution in [0.4, 0.5) is 34.1 Å². The molecule has 1 atom stereocenters. The highest BCUT2D eigenvalue weighted by atomic mass is 15.1. The van der Waals surface area contributed by atoms with Gasteiger partial charge in [0.15, 0.2) is 0 Å². The molecule has 0 aliphatic heterocycles. The third kappa shape index (κ3) is 5.33.